The Morgan fingerprint density at radius 2 is 2.00 bits per heavy atom. The molecule has 6 unspecified atom stereocenters. The highest BCUT2D eigenvalue weighted by atomic mass is 16.6. The second-order valence-corrected chi connectivity index (χ2v) is 4.22. The Hall–Kier alpha value is -0.240. The van der Waals surface area contributed by atoms with Crippen LogP contribution in [0.2, 0.25) is 0 Å². The van der Waals surface area contributed by atoms with Gasteiger partial charge < -0.3 is 30.5 Å². The predicted molar refractivity (Wildman–Crippen MR) is 56.8 cm³/mol. The van der Waals surface area contributed by atoms with Gasteiger partial charge in [-0.3, -0.25) is 0 Å². The van der Waals surface area contributed by atoms with Crippen LogP contribution in [0.25, 0.3) is 0 Å². The first-order chi connectivity index (χ1) is 7.56. The largest absolute Gasteiger partial charge is 0.394 e. The number of rotatable bonds is 4. The summed E-state index contributed by atoms with van der Waals surface area (Å²) < 4.78 is 10.5. The minimum Gasteiger partial charge on any atom is -0.394 e. The van der Waals surface area contributed by atoms with Gasteiger partial charge in [0, 0.05) is 7.11 Å². The molecule has 6 atom stereocenters. The number of methoxy groups -OCH3 is 1. The fourth-order valence-corrected chi connectivity index (χ4v) is 2.01. The lowest BCUT2D eigenvalue weighted by atomic mass is 9.88. The van der Waals surface area contributed by atoms with Gasteiger partial charge in [0.25, 0.3) is 0 Å². The van der Waals surface area contributed by atoms with Crippen LogP contribution in [-0.2, 0) is 9.47 Å². The first kappa shape index (κ1) is 13.8. The Labute approximate surface area is 95.0 Å². The first-order valence-corrected chi connectivity index (χ1v) is 5.42. The summed E-state index contributed by atoms with van der Waals surface area (Å²) in [5.41, 5.74) is 5.50. The molecule has 0 radical (unpaired) electrons. The Balaban J connectivity index is 2.78. The highest BCUT2D eigenvalue weighted by molar-refractivity contribution is 4.94. The maximum Gasteiger partial charge on any atom is 0.114 e. The van der Waals surface area contributed by atoms with Gasteiger partial charge in [0.15, 0.2) is 0 Å². The average molecular weight is 235 g/mol. The van der Waals surface area contributed by atoms with Crippen molar-refractivity contribution in [1.29, 1.82) is 0 Å². The minimum absolute atomic E-state index is 0.100. The Kier molecular flexibility index (Phi) is 5.10. The molecule has 0 aromatic heterocycles. The molecular weight excluding hydrogens is 214 g/mol. The SMILES string of the molecule is COC1C(CO)OC(C(C)CN)C(O)C1O. The lowest BCUT2D eigenvalue weighted by Gasteiger charge is -2.43. The Bertz CT molecular complexity index is 211. The summed E-state index contributed by atoms with van der Waals surface area (Å²) in [5.74, 6) is -0.100. The van der Waals surface area contributed by atoms with Crippen LogP contribution in [0.4, 0.5) is 0 Å². The molecule has 16 heavy (non-hydrogen) atoms. The lowest BCUT2D eigenvalue weighted by molar-refractivity contribution is -0.245. The van der Waals surface area contributed by atoms with Crippen molar-refractivity contribution in [2.45, 2.75) is 37.4 Å². The number of aliphatic hydroxyl groups excluding tert-OH is 3. The quantitative estimate of drug-likeness (QED) is 0.452. The van der Waals surface area contributed by atoms with Crippen molar-refractivity contribution >= 4 is 0 Å². The molecule has 0 saturated carbocycles. The highest BCUT2D eigenvalue weighted by Crippen LogP contribution is 2.26. The van der Waals surface area contributed by atoms with E-state index in [1.54, 1.807) is 0 Å². The molecule has 0 aromatic rings. The highest BCUT2D eigenvalue weighted by Gasteiger charge is 2.45. The maximum absolute atomic E-state index is 9.86. The van der Waals surface area contributed by atoms with Crippen molar-refractivity contribution in [3.63, 3.8) is 0 Å². The zero-order valence-corrected chi connectivity index (χ0v) is 9.61. The van der Waals surface area contributed by atoms with E-state index in [1.807, 2.05) is 6.92 Å². The van der Waals surface area contributed by atoms with E-state index in [9.17, 15) is 10.2 Å². The predicted octanol–water partition coefficient (Wildman–Crippen LogP) is -1.92. The molecule has 96 valence electrons. The number of hydrogen-bond acceptors (Lipinski definition) is 6. The normalized spacial score (nSPS) is 42.0. The molecular formula is C10H21NO5. The minimum atomic E-state index is -1.07. The van der Waals surface area contributed by atoms with Gasteiger partial charge in [0.2, 0.25) is 0 Å². The van der Waals surface area contributed by atoms with Gasteiger partial charge in [-0.05, 0) is 12.5 Å². The van der Waals surface area contributed by atoms with Gasteiger partial charge >= 0.3 is 0 Å². The van der Waals surface area contributed by atoms with Crippen LogP contribution in [0.3, 0.4) is 0 Å². The zero-order chi connectivity index (χ0) is 12.3. The third-order valence-electron chi connectivity index (χ3n) is 3.11. The van der Waals surface area contributed by atoms with E-state index >= 15 is 0 Å². The summed E-state index contributed by atoms with van der Waals surface area (Å²) in [6.07, 6.45) is -4.06. The number of nitrogens with two attached hydrogens (primary N) is 1. The molecule has 1 aliphatic heterocycles. The molecule has 1 aliphatic rings. The van der Waals surface area contributed by atoms with Crippen molar-refractivity contribution < 1.29 is 24.8 Å². The smallest absolute Gasteiger partial charge is 0.114 e. The van der Waals surface area contributed by atoms with Crippen LogP contribution in [0.5, 0.6) is 0 Å². The fraction of sp³-hybridized carbons (Fsp3) is 1.00. The molecule has 1 fully saturated rings. The van der Waals surface area contributed by atoms with E-state index in [4.69, 9.17) is 20.3 Å². The van der Waals surface area contributed by atoms with Crippen molar-refractivity contribution in [2.24, 2.45) is 11.7 Å². The lowest BCUT2D eigenvalue weighted by Crippen LogP contribution is -2.61. The number of aliphatic hydroxyl groups is 3. The molecule has 0 aromatic carbocycles. The second kappa shape index (κ2) is 5.90. The molecule has 0 bridgehead atoms. The first-order valence-electron chi connectivity index (χ1n) is 5.42. The summed E-state index contributed by atoms with van der Waals surface area (Å²) >= 11 is 0. The summed E-state index contributed by atoms with van der Waals surface area (Å²) in [6, 6.07) is 0. The van der Waals surface area contributed by atoms with Gasteiger partial charge in [0.05, 0.1) is 12.7 Å². The van der Waals surface area contributed by atoms with Gasteiger partial charge in [-0.1, -0.05) is 6.92 Å². The number of ether oxygens (including phenoxy) is 2. The van der Waals surface area contributed by atoms with Gasteiger partial charge in [-0.2, -0.15) is 0 Å². The van der Waals surface area contributed by atoms with Gasteiger partial charge in [-0.25, -0.2) is 0 Å². The monoisotopic (exact) mass is 235 g/mol. The van der Waals surface area contributed by atoms with Crippen molar-refractivity contribution in [3.8, 4) is 0 Å². The molecule has 0 aliphatic carbocycles. The molecule has 1 saturated heterocycles. The third-order valence-corrected chi connectivity index (χ3v) is 3.11. The van der Waals surface area contributed by atoms with Crippen molar-refractivity contribution in [2.75, 3.05) is 20.3 Å². The van der Waals surface area contributed by atoms with Gasteiger partial charge in [0.1, 0.15) is 24.4 Å². The third kappa shape index (κ3) is 2.53. The van der Waals surface area contributed by atoms with Crippen molar-refractivity contribution in [1.82, 2.24) is 0 Å². The molecule has 0 amide bonds. The summed E-state index contributed by atoms with van der Waals surface area (Å²) in [7, 11) is 1.40. The Morgan fingerprint density at radius 3 is 2.44 bits per heavy atom. The van der Waals surface area contributed by atoms with E-state index in [1.165, 1.54) is 7.11 Å². The maximum atomic E-state index is 9.86. The van der Waals surface area contributed by atoms with Crippen LogP contribution in [0.15, 0.2) is 0 Å². The second-order valence-electron chi connectivity index (χ2n) is 4.22. The van der Waals surface area contributed by atoms with Crippen LogP contribution in [0.1, 0.15) is 6.92 Å². The van der Waals surface area contributed by atoms with Crippen LogP contribution in [0, 0.1) is 5.92 Å². The van der Waals surface area contributed by atoms with E-state index in [2.05, 4.69) is 0 Å². The topological polar surface area (TPSA) is 105 Å². The van der Waals surface area contributed by atoms with E-state index in [0.29, 0.717) is 6.54 Å². The van der Waals surface area contributed by atoms with Crippen molar-refractivity contribution in [3.05, 3.63) is 0 Å². The van der Waals surface area contributed by atoms with Crippen LogP contribution < -0.4 is 5.73 Å². The van der Waals surface area contributed by atoms with E-state index in [0.717, 1.165) is 0 Å². The summed E-state index contributed by atoms with van der Waals surface area (Å²) in [4.78, 5) is 0. The van der Waals surface area contributed by atoms with Crippen LogP contribution in [-0.4, -0.2) is 66.1 Å². The molecule has 5 N–H and O–H groups in total. The average Bonchev–Trinajstić information content (AvgIpc) is 2.31. The summed E-state index contributed by atoms with van der Waals surface area (Å²) in [5, 5.41) is 28.8. The standard InChI is InChI=1S/C10H21NO5/c1-5(3-11)9-7(13)8(14)10(15-2)6(4-12)16-9/h5-10,12-14H,3-4,11H2,1-2H3. The van der Waals surface area contributed by atoms with Gasteiger partial charge in [-0.15, -0.1) is 0 Å². The fourth-order valence-electron chi connectivity index (χ4n) is 2.01. The molecule has 1 heterocycles. The molecule has 6 nitrogen and oxygen atoms in total. The number of hydrogen-bond donors (Lipinski definition) is 4. The van der Waals surface area contributed by atoms with Crippen LogP contribution >= 0.6 is 0 Å². The zero-order valence-electron chi connectivity index (χ0n) is 9.61. The molecule has 6 heteroatoms. The van der Waals surface area contributed by atoms with E-state index < -0.39 is 30.5 Å². The molecule has 1 rings (SSSR count). The summed E-state index contributed by atoms with van der Waals surface area (Å²) in [6.45, 7) is 1.89. The molecule has 0 spiro atoms. The van der Waals surface area contributed by atoms with E-state index in [-0.39, 0.29) is 12.5 Å². The Morgan fingerprint density at radius 1 is 1.38 bits per heavy atom.